The summed E-state index contributed by atoms with van der Waals surface area (Å²) >= 11 is 7.34. The fourth-order valence-corrected chi connectivity index (χ4v) is 2.86. The second kappa shape index (κ2) is 5.08. The first-order valence-electron chi connectivity index (χ1n) is 5.82. The van der Waals surface area contributed by atoms with Crippen LogP contribution in [0.5, 0.6) is 0 Å². The highest BCUT2D eigenvalue weighted by atomic mass is 35.5. The van der Waals surface area contributed by atoms with Gasteiger partial charge in [-0.1, -0.05) is 23.5 Å². The van der Waals surface area contributed by atoms with Crippen molar-refractivity contribution in [3.05, 3.63) is 42.2 Å². The Labute approximate surface area is 114 Å². The van der Waals surface area contributed by atoms with Crippen molar-refractivity contribution in [3.63, 3.8) is 0 Å². The van der Waals surface area contributed by atoms with E-state index in [1.54, 1.807) is 11.3 Å². The smallest absolute Gasteiger partial charge is 0.211 e. The van der Waals surface area contributed by atoms with Gasteiger partial charge in [-0.3, -0.25) is 0 Å². The second-order valence-corrected chi connectivity index (χ2v) is 5.44. The third kappa shape index (κ3) is 2.26. The van der Waals surface area contributed by atoms with Gasteiger partial charge in [-0.2, -0.15) is 5.10 Å². The second-order valence-electron chi connectivity index (χ2n) is 4.05. The van der Waals surface area contributed by atoms with Gasteiger partial charge in [0.05, 0.1) is 16.4 Å². The lowest BCUT2D eigenvalue weighted by Crippen LogP contribution is -1.92. The van der Waals surface area contributed by atoms with E-state index >= 15 is 0 Å². The minimum atomic E-state index is 0.687. The Morgan fingerprint density at radius 1 is 1.28 bits per heavy atom. The van der Waals surface area contributed by atoms with Gasteiger partial charge in [-0.25, -0.2) is 9.67 Å². The molecule has 0 atom stereocenters. The summed E-state index contributed by atoms with van der Waals surface area (Å²) in [5.74, 6) is 0.687. The van der Waals surface area contributed by atoms with E-state index in [9.17, 15) is 0 Å². The number of para-hydroxylation sites is 1. The molecule has 0 amide bonds. The van der Waals surface area contributed by atoms with Crippen LogP contribution in [0.25, 0.3) is 15.3 Å². The molecular formula is C13H12ClN3S. The van der Waals surface area contributed by atoms with E-state index in [1.165, 1.54) is 10.3 Å². The van der Waals surface area contributed by atoms with Gasteiger partial charge in [0.2, 0.25) is 5.13 Å². The summed E-state index contributed by atoms with van der Waals surface area (Å²) in [7, 11) is 0. The molecule has 18 heavy (non-hydrogen) atoms. The predicted molar refractivity (Wildman–Crippen MR) is 75.8 cm³/mol. The lowest BCUT2D eigenvalue weighted by Gasteiger charge is -1.93. The Morgan fingerprint density at radius 3 is 3.00 bits per heavy atom. The Hall–Kier alpha value is -1.39. The normalized spacial score (nSPS) is 11.2. The third-order valence-electron chi connectivity index (χ3n) is 2.71. The fourth-order valence-electron chi connectivity index (χ4n) is 1.82. The number of fused-ring (bicyclic) bond motifs is 1. The molecule has 0 aliphatic rings. The van der Waals surface area contributed by atoms with Crippen molar-refractivity contribution < 1.29 is 0 Å². The monoisotopic (exact) mass is 277 g/mol. The van der Waals surface area contributed by atoms with Crippen LogP contribution in [0.15, 0.2) is 36.7 Å². The Kier molecular flexibility index (Phi) is 3.30. The zero-order valence-electron chi connectivity index (χ0n) is 9.71. The predicted octanol–water partition coefficient (Wildman–Crippen LogP) is 3.65. The summed E-state index contributed by atoms with van der Waals surface area (Å²) in [6.07, 6.45) is 5.87. The number of benzene rings is 1. The number of aryl methyl sites for hydroxylation is 1. The molecule has 0 aliphatic carbocycles. The van der Waals surface area contributed by atoms with Gasteiger partial charge in [-0.15, -0.1) is 11.6 Å². The standard InChI is InChI=1S/C13H12ClN3S/c14-7-3-4-10-8-15-17(9-10)13-16-11-5-1-2-6-12(11)18-13/h1-2,5-6,8-9H,3-4,7H2. The molecule has 0 aliphatic heterocycles. The van der Waals surface area contributed by atoms with Gasteiger partial charge in [-0.05, 0) is 30.5 Å². The highest BCUT2D eigenvalue weighted by Gasteiger charge is 2.06. The van der Waals surface area contributed by atoms with Crippen LogP contribution in [-0.2, 0) is 6.42 Å². The number of rotatable bonds is 4. The molecule has 3 nitrogen and oxygen atoms in total. The summed E-state index contributed by atoms with van der Waals surface area (Å²) in [6.45, 7) is 0. The molecule has 2 heterocycles. The zero-order valence-corrected chi connectivity index (χ0v) is 11.3. The maximum atomic E-state index is 5.69. The molecule has 3 aromatic rings. The molecule has 92 valence electrons. The summed E-state index contributed by atoms with van der Waals surface area (Å²) in [6, 6.07) is 8.13. The number of hydrogen-bond donors (Lipinski definition) is 0. The fraction of sp³-hybridized carbons (Fsp3) is 0.231. The molecule has 0 radical (unpaired) electrons. The van der Waals surface area contributed by atoms with E-state index in [1.807, 2.05) is 35.3 Å². The van der Waals surface area contributed by atoms with Crippen molar-refractivity contribution in [2.45, 2.75) is 12.8 Å². The van der Waals surface area contributed by atoms with Crippen LogP contribution in [0.4, 0.5) is 0 Å². The number of nitrogens with zero attached hydrogens (tertiary/aromatic N) is 3. The highest BCUT2D eigenvalue weighted by molar-refractivity contribution is 7.20. The lowest BCUT2D eigenvalue weighted by atomic mass is 10.2. The van der Waals surface area contributed by atoms with Crippen molar-refractivity contribution in [1.29, 1.82) is 0 Å². The van der Waals surface area contributed by atoms with E-state index in [4.69, 9.17) is 11.6 Å². The van der Waals surface area contributed by atoms with E-state index in [0.717, 1.165) is 23.5 Å². The van der Waals surface area contributed by atoms with Crippen LogP contribution in [0.3, 0.4) is 0 Å². The quantitative estimate of drug-likeness (QED) is 0.682. The number of thiazole rings is 1. The van der Waals surface area contributed by atoms with Crippen LogP contribution < -0.4 is 0 Å². The minimum Gasteiger partial charge on any atom is -0.218 e. The van der Waals surface area contributed by atoms with Crippen molar-refractivity contribution in [1.82, 2.24) is 14.8 Å². The molecular weight excluding hydrogens is 266 g/mol. The Morgan fingerprint density at radius 2 is 2.17 bits per heavy atom. The summed E-state index contributed by atoms with van der Waals surface area (Å²) in [5.41, 5.74) is 2.23. The molecule has 0 fully saturated rings. The Bertz CT molecular complexity index is 626. The summed E-state index contributed by atoms with van der Waals surface area (Å²) < 4.78 is 3.03. The zero-order chi connectivity index (χ0) is 12.4. The molecule has 3 rings (SSSR count). The number of alkyl halides is 1. The molecule has 1 aromatic carbocycles. The molecule has 0 unspecified atom stereocenters. The number of hydrogen-bond acceptors (Lipinski definition) is 3. The van der Waals surface area contributed by atoms with Gasteiger partial charge in [0.1, 0.15) is 0 Å². The van der Waals surface area contributed by atoms with Crippen molar-refractivity contribution in [2.75, 3.05) is 5.88 Å². The maximum absolute atomic E-state index is 5.69. The van der Waals surface area contributed by atoms with Gasteiger partial charge < -0.3 is 0 Å². The maximum Gasteiger partial charge on any atom is 0.211 e. The highest BCUT2D eigenvalue weighted by Crippen LogP contribution is 2.24. The van der Waals surface area contributed by atoms with E-state index in [0.29, 0.717) is 5.88 Å². The summed E-state index contributed by atoms with van der Waals surface area (Å²) in [4.78, 5) is 4.57. The van der Waals surface area contributed by atoms with E-state index in [2.05, 4.69) is 16.1 Å². The van der Waals surface area contributed by atoms with Gasteiger partial charge in [0.15, 0.2) is 0 Å². The molecule has 0 bridgehead atoms. The van der Waals surface area contributed by atoms with Crippen molar-refractivity contribution in [2.24, 2.45) is 0 Å². The first kappa shape index (κ1) is 11.7. The molecule has 2 aromatic heterocycles. The first-order chi connectivity index (χ1) is 8.86. The Balaban J connectivity index is 1.91. The van der Waals surface area contributed by atoms with Gasteiger partial charge in [0, 0.05) is 12.1 Å². The SMILES string of the molecule is ClCCCc1cnn(-c2nc3ccccc3s2)c1. The van der Waals surface area contributed by atoms with Crippen LogP contribution >= 0.6 is 22.9 Å². The molecule has 0 saturated carbocycles. The number of halogens is 1. The topological polar surface area (TPSA) is 30.7 Å². The van der Waals surface area contributed by atoms with Crippen LogP contribution in [0.2, 0.25) is 0 Å². The largest absolute Gasteiger partial charge is 0.218 e. The number of aromatic nitrogens is 3. The van der Waals surface area contributed by atoms with Crippen molar-refractivity contribution >= 4 is 33.2 Å². The van der Waals surface area contributed by atoms with E-state index < -0.39 is 0 Å². The summed E-state index contributed by atoms with van der Waals surface area (Å²) in [5, 5.41) is 5.27. The molecule has 0 spiro atoms. The van der Waals surface area contributed by atoms with E-state index in [-0.39, 0.29) is 0 Å². The van der Waals surface area contributed by atoms with Gasteiger partial charge >= 0.3 is 0 Å². The molecule has 0 N–H and O–H groups in total. The lowest BCUT2D eigenvalue weighted by molar-refractivity contribution is 0.870. The van der Waals surface area contributed by atoms with Crippen molar-refractivity contribution in [3.8, 4) is 5.13 Å². The molecule has 5 heteroatoms. The molecule has 0 saturated heterocycles. The van der Waals surface area contributed by atoms with Crippen LogP contribution in [0.1, 0.15) is 12.0 Å². The third-order valence-corrected chi connectivity index (χ3v) is 4.01. The van der Waals surface area contributed by atoms with Crippen LogP contribution in [-0.4, -0.2) is 20.6 Å². The van der Waals surface area contributed by atoms with Crippen LogP contribution in [0, 0.1) is 0 Å². The van der Waals surface area contributed by atoms with Gasteiger partial charge in [0.25, 0.3) is 0 Å². The average molecular weight is 278 g/mol. The average Bonchev–Trinajstić information content (AvgIpc) is 3.02. The minimum absolute atomic E-state index is 0.687. The first-order valence-corrected chi connectivity index (χ1v) is 7.17.